The Morgan fingerprint density at radius 2 is 2.07 bits per heavy atom. The van der Waals surface area contributed by atoms with Crippen molar-refractivity contribution < 1.29 is 10.0 Å². The first-order valence-electron chi connectivity index (χ1n) is 4.17. The van der Waals surface area contributed by atoms with Gasteiger partial charge < -0.3 is 5.21 Å². The predicted molar refractivity (Wildman–Crippen MR) is 55.3 cm³/mol. The van der Waals surface area contributed by atoms with Gasteiger partial charge >= 0.3 is 0 Å². The molecule has 0 saturated heterocycles. The number of nitriles is 1. The predicted octanol–water partition coefficient (Wildman–Crippen LogP) is 1.62. The zero-order valence-corrected chi connectivity index (χ0v) is 7.79. The molecule has 0 unspecified atom stereocenters. The van der Waals surface area contributed by atoms with Gasteiger partial charge in [-0.25, -0.2) is 0 Å². The van der Waals surface area contributed by atoms with Crippen LogP contribution in [0.2, 0.25) is 0 Å². The summed E-state index contributed by atoms with van der Waals surface area (Å²) in [5.74, 6) is -0.621. The Hall–Kier alpha value is -2.41. The van der Waals surface area contributed by atoms with E-state index in [0.29, 0.717) is 0 Å². The van der Waals surface area contributed by atoms with E-state index in [1.54, 1.807) is 6.08 Å². The number of carbonyl (C=O) groups is 1. The Bertz CT molecular complexity index is 441. The lowest BCUT2D eigenvalue weighted by Gasteiger charge is -1.90. The van der Waals surface area contributed by atoms with Crippen molar-refractivity contribution in [3.8, 4) is 6.07 Å². The molecule has 15 heavy (non-hydrogen) atoms. The molecule has 0 aliphatic carbocycles. The van der Waals surface area contributed by atoms with Crippen LogP contribution in [0.3, 0.4) is 0 Å². The average Bonchev–Trinajstić information content (AvgIpc) is 2.29. The van der Waals surface area contributed by atoms with Gasteiger partial charge in [0.1, 0.15) is 6.07 Å². The Balaban J connectivity index is 2.76. The second-order valence-corrected chi connectivity index (χ2v) is 2.67. The van der Waals surface area contributed by atoms with E-state index in [9.17, 15) is 4.79 Å². The second-order valence-electron chi connectivity index (χ2n) is 2.67. The topological polar surface area (TPSA) is 73.4 Å². The maximum Gasteiger partial charge on any atom is 0.226 e. The average molecular weight is 200 g/mol. The zero-order valence-electron chi connectivity index (χ0n) is 7.79. The summed E-state index contributed by atoms with van der Waals surface area (Å²) < 4.78 is 0. The largest absolute Gasteiger partial charge is 0.410 e. The van der Waals surface area contributed by atoms with Crippen molar-refractivity contribution in [2.24, 2.45) is 5.16 Å². The summed E-state index contributed by atoms with van der Waals surface area (Å²) in [5.41, 5.74) is 0.309. The van der Waals surface area contributed by atoms with E-state index in [1.807, 2.05) is 30.3 Å². The molecule has 0 aromatic heterocycles. The molecule has 4 nitrogen and oxygen atoms in total. The first-order chi connectivity index (χ1) is 7.27. The zero-order chi connectivity index (χ0) is 11.1. The molecule has 0 saturated carbocycles. The fourth-order valence-electron chi connectivity index (χ4n) is 0.942. The summed E-state index contributed by atoms with van der Waals surface area (Å²) in [7, 11) is 0. The van der Waals surface area contributed by atoms with Crippen LogP contribution in [0.5, 0.6) is 0 Å². The lowest BCUT2D eigenvalue weighted by Crippen LogP contribution is -2.07. The minimum Gasteiger partial charge on any atom is -0.410 e. The molecule has 4 heteroatoms. The molecule has 74 valence electrons. The van der Waals surface area contributed by atoms with Crippen LogP contribution in [0.25, 0.3) is 6.08 Å². The van der Waals surface area contributed by atoms with Crippen LogP contribution < -0.4 is 0 Å². The Kier molecular flexibility index (Phi) is 3.80. The Morgan fingerprint density at radius 1 is 1.40 bits per heavy atom. The van der Waals surface area contributed by atoms with Gasteiger partial charge in [-0.3, -0.25) is 4.79 Å². The van der Waals surface area contributed by atoms with Gasteiger partial charge in [0.15, 0.2) is 0 Å². The highest BCUT2D eigenvalue weighted by molar-refractivity contribution is 6.49. The van der Waals surface area contributed by atoms with E-state index in [0.717, 1.165) is 5.56 Å². The van der Waals surface area contributed by atoms with Crippen molar-refractivity contribution in [1.82, 2.24) is 0 Å². The first-order valence-corrected chi connectivity index (χ1v) is 4.17. The van der Waals surface area contributed by atoms with Gasteiger partial charge in [-0.05, 0) is 11.6 Å². The van der Waals surface area contributed by atoms with E-state index in [1.165, 1.54) is 12.1 Å². The fraction of sp³-hybridized carbons (Fsp3) is 0. The van der Waals surface area contributed by atoms with E-state index in [4.69, 9.17) is 10.5 Å². The molecule has 0 fully saturated rings. The minimum atomic E-state index is -0.621. The highest BCUT2D eigenvalue weighted by atomic mass is 16.4. The second kappa shape index (κ2) is 5.35. The smallest absolute Gasteiger partial charge is 0.226 e. The molecule has 0 aliphatic rings. The maximum atomic E-state index is 11.2. The van der Waals surface area contributed by atoms with Gasteiger partial charge in [0.25, 0.3) is 0 Å². The monoisotopic (exact) mass is 200 g/mol. The summed E-state index contributed by atoms with van der Waals surface area (Å²) in [4.78, 5) is 11.2. The number of hydrogen-bond acceptors (Lipinski definition) is 4. The number of hydrogen-bond donors (Lipinski definition) is 1. The van der Waals surface area contributed by atoms with Crippen molar-refractivity contribution in [3.63, 3.8) is 0 Å². The Morgan fingerprint density at radius 3 is 2.60 bits per heavy atom. The molecule has 1 N–H and O–H groups in total. The summed E-state index contributed by atoms with van der Waals surface area (Å²) >= 11 is 0. The molecule has 0 spiro atoms. The van der Waals surface area contributed by atoms with Crippen LogP contribution in [-0.2, 0) is 4.79 Å². The normalized spacial score (nSPS) is 11.3. The molecule has 0 bridgehead atoms. The summed E-state index contributed by atoms with van der Waals surface area (Å²) in [5, 5.41) is 19.3. The van der Waals surface area contributed by atoms with Crippen LogP contribution in [-0.4, -0.2) is 16.7 Å². The highest BCUT2D eigenvalue weighted by Gasteiger charge is 2.06. The van der Waals surface area contributed by atoms with E-state index in [2.05, 4.69) is 5.16 Å². The molecular formula is C11H8N2O2. The van der Waals surface area contributed by atoms with E-state index in [-0.39, 0.29) is 0 Å². The van der Waals surface area contributed by atoms with Crippen LogP contribution in [0, 0.1) is 11.3 Å². The molecule has 1 aromatic carbocycles. The van der Waals surface area contributed by atoms with Crippen LogP contribution in [0.4, 0.5) is 0 Å². The molecule has 0 radical (unpaired) electrons. The van der Waals surface area contributed by atoms with Crippen molar-refractivity contribution in [2.45, 2.75) is 0 Å². The van der Waals surface area contributed by atoms with Gasteiger partial charge in [-0.15, -0.1) is 0 Å². The summed E-state index contributed by atoms with van der Waals surface area (Å²) in [6.45, 7) is 0. The van der Waals surface area contributed by atoms with Gasteiger partial charge in [-0.2, -0.15) is 5.26 Å². The summed E-state index contributed by atoms with van der Waals surface area (Å²) in [6, 6.07) is 10.6. The number of oxime groups is 1. The lowest BCUT2D eigenvalue weighted by atomic mass is 10.1. The minimum absolute atomic E-state index is 0.526. The van der Waals surface area contributed by atoms with Crippen LogP contribution in [0.1, 0.15) is 5.56 Å². The lowest BCUT2D eigenvalue weighted by molar-refractivity contribution is -0.108. The maximum absolute atomic E-state index is 11.2. The third-order valence-corrected chi connectivity index (χ3v) is 1.67. The fourth-order valence-corrected chi connectivity index (χ4v) is 0.942. The number of nitrogens with zero attached hydrogens (tertiary/aromatic N) is 2. The number of ketones is 1. The SMILES string of the molecule is N#C/C(=N/O)C(=O)/C=C/c1ccccc1. The third-order valence-electron chi connectivity index (χ3n) is 1.67. The number of allylic oxidation sites excluding steroid dienone is 1. The van der Waals surface area contributed by atoms with E-state index >= 15 is 0 Å². The van der Waals surface area contributed by atoms with Crippen molar-refractivity contribution >= 4 is 17.6 Å². The third kappa shape index (κ3) is 3.08. The van der Waals surface area contributed by atoms with Gasteiger partial charge in [0.2, 0.25) is 11.5 Å². The summed E-state index contributed by atoms with van der Waals surface area (Å²) in [6.07, 6.45) is 2.73. The molecule has 0 heterocycles. The van der Waals surface area contributed by atoms with E-state index < -0.39 is 11.5 Å². The first kappa shape index (κ1) is 10.7. The van der Waals surface area contributed by atoms with Gasteiger partial charge in [-0.1, -0.05) is 41.6 Å². The van der Waals surface area contributed by atoms with Crippen molar-refractivity contribution in [2.75, 3.05) is 0 Å². The molecule has 0 aliphatic heterocycles. The Labute approximate surface area is 86.8 Å². The molecule has 0 amide bonds. The quantitative estimate of drug-likeness (QED) is 0.348. The standard InChI is InChI=1S/C11H8N2O2/c12-8-10(13-15)11(14)7-6-9-4-2-1-3-5-9/h1-7,15H/b7-6+,13-10-. The number of benzene rings is 1. The molecular weight excluding hydrogens is 192 g/mol. The van der Waals surface area contributed by atoms with Crippen LogP contribution in [0.15, 0.2) is 41.6 Å². The molecule has 0 atom stereocenters. The van der Waals surface area contributed by atoms with Crippen LogP contribution >= 0.6 is 0 Å². The highest BCUT2D eigenvalue weighted by Crippen LogP contribution is 2.00. The number of rotatable bonds is 3. The molecule has 1 aromatic rings. The van der Waals surface area contributed by atoms with Gasteiger partial charge in [0.05, 0.1) is 0 Å². The van der Waals surface area contributed by atoms with Crippen molar-refractivity contribution in [1.29, 1.82) is 5.26 Å². The number of carbonyl (C=O) groups excluding carboxylic acids is 1. The van der Waals surface area contributed by atoms with Crippen molar-refractivity contribution in [3.05, 3.63) is 42.0 Å². The van der Waals surface area contributed by atoms with Gasteiger partial charge in [0, 0.05) is 0 Å². The molecule has 1 rings (SSSR count).